The number of carbonyl (C=O) groups excluding carboxylic acids is 1. The quantitative estimate of drug-likeness (QED) is 0.0709. The molecule has 0 aliphatic rings. The minimum Gasteiger partial charge on any atom is -0.463 e. The summed E-state index contributed by atoms with van der Waals surface area (Å²) in [4.78, 5) is 11.8. The van der Waals surface area contributed by atoms with Crippen molar-refractivity contribution in [1.82, 2.24) is 0 Å². The van der Waals surface area contributed by atoms with Crippen LogP contribution in [0.2, 0.25) is 0 Å². The van der Waals surface area contributed by atoms with Crippen LogP contribution in [-0.4, -0.2) is 132 Å². The lowest BCUT2D eigenvalue weighted by molar-refractivity contribution is -0.145. The number of ether oxygens (including phenoxy) is 10. The summed E-state index contributed by atoms with van der Waals surface area (Å²) in [5, 5.41) is 0. The molecular weight excluding hydrogens is 560 g/mol. The van der Waals surface area contributed by atoms with Gasteiger partial charge < -0.3 is 47.4 Å². The topological polar surface area (TPSA) is 109 Å². The van der Waals surface area contributed by atoms with Crippen molar-refractivity contribution in [3.05, 3.63) is 0 Å². The maximum absolute atomic E-state index is 11.8. The largest absolute Gasteiger partial charge is 0.463 e. The van der Waals surface area contributed by atoms with Gasteiger partial charge in [0.05, 0.1) is 112 Å². The van der Waals surface area contributed by atoms with Crippen LogP contribution in [0.3, 0.4) is 0 Å². The van der Waals surface area contributed by atoms with Crippen molar-refractivity contribution < 1.29 is 52.2 Å². The molecule has 0 aromatic carbocycles. The second-order valence-electron chi connectivity index (χ2n) is 9.89. The molecule has 11 heteroatoms. The van der Waals surface area contributed by atoms with Crippen molar-refractivity contribution in [3.63, 3.8) is 0 Å². The molecule has 0 aromatic heterocycles. The zero-order valence-corrected chi connectivity index (χ0v) is 27.5. The van der Waals surface area contributed by atoms with Crippen LogP contribution in [0, 0.1) is 0 Å². The first-order valence-electron chi connectivity index (χ1n) is 16.7. The minimum atomic E-state index is -0.133. The van der Waals surface area contributed by atoms with E-state index < -0.39 is 0 Å². The lowest BCUT2D eigenvalue weighted by Gasteiger charge is -2.09. The van der Waals surface area contributed by atoms with Gasteiger partial charge in [-0.15, -0.1) is 0 Å². The molecule has 0 radical (unpaired) electrons. The summed E-state index contributed by atoms with van der Waals surface area (Å²) in [5.74, 6) is -0.133. The van der Waals surface area contributed by atoms with E-state index >= 15 is 0 Å². The highest BCUT2D eigenvalue weighted by atomic mass is 16.6. The molecule has 0 saturated carbocycles. The van der Waals surface area contributed by atoms with Gasteiger partial charge in [-0.1, -0.05) is 58.3 Å². The molecular formula is C32H64O11. The maximum atomic E-state index is 11.8. The van der Waals surface area contributed by atoms with Crippen LogP contribution in [-0.2, 0) is 52.2 Å². The molecule has 0 saturated heterocycles. The van der Waals surface area contributed by atoms with Crippen molar-refractivity contribution in [1.29, 1.82) is 0 Å². The van der Waals surface area contributed by atoms with Gasteiger partial charge in [-0.2, -0.15) is 0 Å². The highest BCUT2D eigenvalue weighted by Crippen LogP contribution is 2.10. The van der Waals surface area contributed by atoms with Crippen LogP contribution in [0.25, 0.3) is 0 Å². The molecule has 43 heavy (non-hydrogen) atoms. The lowest BCUT2D eigenvalue weighted by Crippen LogP contribution is -2.15. The standard InChI is InChI=1S/C32H64O11/c1-3-5-6-7-8-9-10-11-12-13-32(33)43-31-30-42-29-28-41-27-26-40-25-24-39-23-22-38-21-20-37-19-18-36-17-16-35-15-14-34-4-2/h3-31H2,1-2H3. The highest BCUT2D eigenvalue weighted by molar-refractivity contribution is 5.69. The normalized spacial score (nSPS) is 11.4. The number of esters is 1. The molecule has 0 heterocycles. The van der Waals surface area contributed by atoms with Crippen LogP contribution in [0.4, 0.5) is 0 Å². The second kappa shape index (κ2) is 39.1. The van der Waals surface area contributed by atoms with E-state index in [1.807, 2.05) is 6.92 Å². The Kier molecular flexibility index (Phi) is 38.3. The molecule has 0 aliphatic heterocycles. The van der Waals surface area contributed by atoms with E-state index in [1.165, 1.54) is 44.9 Å². The Morgan fingerprint density at radius 3 is 0.953 bits per heavy atom. The number of hydrogen-bond acceptors (Lipinski definition) is 11. The predicted molar refractivity (Wildman–Crippen MR) is 166 cm³/mol. The first-order valence-corrected chi connectivity index (χ1v) is 16.7. The van der Waals surface area contributed by atoms with Crippen molar-refractivity contribution in [2.24, 2.45) is 0 Å². The number of rotatable bonds is 38. The van der Waals surface area contributed by atoms with Gasteiger partial charge in [0, 0.05) is 13.0 Å². The molecule has 0 aliphatic carbocycles. The third kappa shape index (κ3) is 39.1. The molecule has 0 bridgehead atoms. The Hall–Kier alpha value is -0.890. The molecule has 0 rings (SSSR count). The van der Waals surface area contributed by atoms with Crippen LogP contribution < -0.4 is 0 Å². The van der Waals surface area contributed by atoms with Crippen LogP contribution in [0.15, 0.2) is 0 Å². The van der Waals surface area contributed by atoms with Gasteiger partial charge in [0.25, 0.3) is 0 Å². The van der Waals surface area contributed by atoms with Crippen molar-refractivity contribution in [3.8, 4) is 0 Å². The van der Waals surface area contributed by atoms with Crippen molar-refractivity contribution >= 4 is 5.97 Å². The predicted octanol–water partition coefficient (Wildman–Crippen LogP) is 4.62. The first kappa shape index (κ1) is 42.1. The first-order chi connectivity index (χ1) is 21.3. The van der Waals surface area contributed by atoms with Gasteiger partial charge in [0.1, 0.15) is 6.61 Å². The molecule has 258 valence electrons. The molecule has 0 spiro atoms. The SMILES string of the molecule is CCCCCCCCCCCC(=O)OCCOCCOCCOCCOCCOCCOCCOCCOCCOCC. The third-order valence-corrected chi connectivity index (χ3v) is 6.16. The summed E-state index contributed by atoms with van der Waals surface area (Å²) in [6.07, 6.45) is 11.6. The Morgan fingerprint density at radius 2 is 0.628 bits per heavy atom. The number of hydrogen-bond donors (Lipinski definition) is 0. The summed E-state index contributed by atoms with van der Waals surface area (Å²) in [6.45, 7) is 14.0. The average molecular weight is 625 g/mol. The van der Waals surface area contributed by atoms with E-state index in [0.717, 1.165) is 12.8 Å². The lowest BCUT2D eigenvalue weighted by atomic mass is 10.1. The summed E-state index contributed by atoms with van der Waals surface area (Å²) in [7, 11) is 0. The molecule has 0 N–H and O–H groups in total. The van der Waals surface area contributed by atoms with Gasteiger partial charge >= 0.3 is 5.97 Å². The fourth-order valence-corrected chi connectivity index (χ4v) is 3.77. The van der Waals surface area contributed by atoms with E-state index in [9.17, 15) is 4.79 Å². The summed E-state index contributed by atoms with van der Waals surface area (Å²) >= 11 is 0. The Morgan fingerprint density at radius 1 is 0.349 bits per heavy atom. The molecule has 0 atom stereocenters. The maximum Gasteiger partial charge on any atom is 0.305 e. The Bertz CT molecular complexity index is 526. The van der Waals surface area contributed by atoms with Crippen molar-refractivity contribution in [2.45, 2.75) is 78.1 Å². The monoisotopic (exact) mass is 624 g/mol. The molecule has 0 fully saturated rings. The highest BCUT2D eigenvalue weighted by Gasteiger charge is 2.03. The molecule has 0 unspecified atom stereocenters. The molecule has 0 amide bonds. The fourth-order valence-electron chi connectivity index (χ4n) is 3.77. The average Bonchev–Trinajstić information content (AvgIpc) is 3.01. The number of carbonyl (C=O) groups is 1. The second-order valence-corrected chi connectivity index (χ2v) is 9.89. The van der Waals surface area contributed by atoms with E-state index in [-0.39, 0.29) is 5.97 Å². The molecule has 0 aromatic rings. The summed E-state index contributed by atoms with van der Waals surface area (Å²) in [6, 6.07) is 0. The van der Waals surface area contributed by atoms with E-state index in [0.29, 0.717) is 132 Å². The Balaban J connectivity index is 3.11. The van der Waals surface area contributed by atoms with E-state index in [2.05, 4.69) is 6.92 Å². The van der Waals surface area contributed by atoms with Gasteiger partial charge in [-0.25, -0.2) is 0 Å². The number of unbranched alkanes of at least 4 members (excludes halogenated alkanes) is 8. The van der Waals surface area contributed by atoms with Crippen molar-refractivity contribution in [2.75, 3.05) is 126 Å². The zero-order chi connectivity index (χ0) is 31.2. The summed E-state index contributed by atoms with van der Waals surface area (Å²) in [5.41, 5.74) is 0. The van der Waals surface area contributed by atoms with Gasteiger partial charge in [0.2, 0.25) is 0 Å². The smallest absolute Gasteiger partial charge is 0.305 e. The van der Waals surface area contributed by atoms with Gasteiger partial charge in [-0.05, 0) is 13.3 Å². The zero-order valence-electron chi connectivity index (χ0n) is 27.5. The fraction of sp³-hybridized carbons (Fsp3) is 0.969. The summed E-state index contributed by atoms with van der Waals surface area (Å²) < 4.78 is 53.9. The molecule has 11 nitrogen and oxygen atoms in total. The van der Waals surface area contributed by atoms with Crippen LogP contribution >= 0.6 is 0 Å². The minimum absolute atomic E-state index is 0.133. The van der Waals surface area contributed by atoms with Gasteiger partial charge in [0.15, 0.2) is 0 Å². The van der Waals surface area contributed by atoms with Crippen LogP contribution in [0.1, 0.15) is 78.1 Å². The Labute approximate surface area is 261 Å². The van der Waals surface area contributed by atoms with E-state index in [1.54, 1.807) is 0 Å². The third-order valence-electron chi connectivity index (χ3n) is 6.16. The van der Waals surface area contributed by atoms with Gasteiger partial charge in [-0.3, -0.25) is 4.79 Å². The van der Waals surface area contributed by atoms with Crippen LogP contribution in [0.5, 0.6) is 0 Å². The van der Waals surface area contributed by atoms with E-state index in [4.69, 9.17) is 47.4 Å².